The van der Waals surface area contributed by atoms with Crippen LogP contribution in [0.4, 0.5) is 0 Å². The van der Waals surface area contributed by atoms with Crippen LogP contribution in [0.5, 0.6) is 0 Å². The third-order valence-electron chi connectivity index (χ3n) is 17.3. The van der Waals surface area contributed by atoms with E-state index in [1.54, 1.807) is 0 Å². The van der Waals surface area contributed by atoms with Gasteiger partial charge in [-0.2, -0.15) is 0 Å². The van der Waals surface area contributed by atoms with Crippen molar-refractivity contribution in [2.24, 2.45) is 53.3 Å². The molecule has 2 saturated heterocycles. The summed E-state index contributed by atoms with van der Waals surface area (Å²) < 4.78 is 11.1. The van der Waals surface area contributed by atoms with Crippen molar-refractivity contribution in [1.29, 1.82) is 0 Å². The number of allylic oxidation sites excluding steroid dienone is 5. The summed E-state index contributed by atoms with van der Waals surface area (Å²) in [5.41, 5.74) is 4.22. The van der Waals surface area contributed by atoms with Crippen LogP contribution in [0.1, 0.15) is 253 Å². The average molecular weight is 966 g/mol. The molecule has 69 heavy (non-hydrogen) atoms. The zero-order chi connectivity index (χ0) is 50.6. The van der Waals surface area contributed by atoms with Gasteiger partial charge in [-0.05, 0) is 163 Å². The maximum atomic E-state index is 11.4. The second kappa shape index (κ2) is 35.0. The van der Waals surface area contributed by atoms with Gasteiger partial charge in [0.1, 0.15) is 6.10 Å². The van der Waals surface area contributed by atoms with Gasteiger partial charge >= 0.3 is 11.9 Å². The Labute approximate surface area is 424 Å². The molecule has 3 aliphatic carbocycles. The van der Waals surface area contributed by atoms with Crippen molar-refractivity contribution in [3.63, 3.8) is 0 Å². The quantitative estimate of drug-likeness (QED) is 0.0341. The van der Waals surface area contributed by atoms with Crippen LogP contribution in [0.25, 0.3) is 0 Å². The lowest BCUT2D eigenvalue weighted by molar-refractivity contribution is -0.141. The van der Waals surface area contributed by atoms with E-state index in [1.807, 2.05) is 0 Å². The van der Waals surface area contributed by atoms with Gasteiger partial charge in [0.2, 0.25) is 0 Å². The molecule has 0 radical (unpaired) electrons. The van der Waals surface area contributed by atoms with Crippen LogP contribution in [0.2, 0.25) is 0 Å². The van der Waals surface area contributed by atoms with Crippen LogP contribution >= 0.6 is 0 Å². The highest BCUT2D eigenvalue weighted by Crippen LogP contribution is 2.49. The van der Waals surface area contributed by atoms with Crippen LogP contribution in [-0.4, -0.2) is 51.9 Å². The van der Waals surface area contributed by atoms with Gasteiger partial charge in [-0.1, -0.05) is 167 Å². The summed E-state index contributed by atoms with van der Waals surface area (Å²) >= 11 is 0. The summed E-state index contributed by atoms with van der Waals surface area (Å²) in [5, 5.41) is 28.8. The molecule has 3 N–H and O–H groups in total. The highest BCUT2D eigenvalue weighted by atomic mass is 16.6. The monoisotopic (exact) mass is 965 g/mol. The second-order valence-electron chi connectivity index (χ2n) is 23.1. The summed E-state index contributed by atoms with van der Waals surface area (Å²) in [5.74, 6) is 4.69. The maximum Gasteiger partial charge on any atom is 0.306 e. The van der Waals surface area contributed by atoms with Crippen molar-refractivity contribution in [2.75, 3.05) is 0 Å². The zero-order valence-corrected chi connectivity index (χ0v) is 45.6. The van der Waals surface area contributed by atoms with E-state index in [1.165, 1.54) is 145 Å². The van der Waals surface area contributed by atoms with E-state index in [4.69, 9.17) is 14.6 Å². The maximum absolute atomic E-state index is 11.4. The molecule has 3 saturated carbocycles. The summed E-state index contributed by atoms with van der Waals surface area (Å²) in [6.45, 7) is 26.5. The first kappa shape index (κ1) is 61.1. The van der Waals surface area contributed by atoms with Crippen LogP contribution in [0, 0.1) is 53.3 Å². The molecule has 0 aromatic carbocycles. The normalized spacial score (nSPS) is 30.1. The molecule has 5 aliphatic rings. The fourth-order valence-electron chi connectivity index (χ4n) is 13.1. The van der Waals surface area contributed by atoms with E-state index < -0.39 is 12.3 Å². The predicted molar refractivity (Wildman–Crippen MR) is 289 cm³/mol. The fraction of sp³-hybridized carbons (Fsp3) is 0.839. The number of rotatable bonds is 33. The van der Waals surface area contributed by atoms with Crippen molar-refractivity contribution in [3.8, 4) is 0 Å². The molecule has 7 heteroatoms. The second-order valence-corrected chi connectivity index (χ2v) is 23.1. The number of unbranched alkanes of at least 4 members (excludes halogenated alkanes) is 13. The minimum absolute atomic E-state index is 0.0247. The number of hydrogen-bond acceptors (Lipinski definition) is 6. The van der Waals surface area contributed by atoms with Crippen LogP contribution in [0.3, 0.4) is 0 Å². The number of fused-ring (bicyclic) bond motifs is 2. The topological polar surface area (TPSA) is 113 Å². The van der Waals surface area contributed by atoms with Gasteiger partial charge in [-0.25, -0.2) is 0 Å². The lowest BCUT2D eigenvalue weighted by Gasteiger charge is -2.23. The molecule has 5 fully saturated rings. The Balaban J connectivity index is 0.000000277. The van der Waals surface area contributed by atoms with E-state index >= 15 is 0 Å². The first-order valence-electron chi connectivity index (χ1n) is 29.3. The number of esters is 1. The molecule has 0 amide bonds. The standard InChI is InChI=1S/C24H42O3.C19H34O2.C19H32O2/c1-4-5-6-7-10-13-19(2)16-17-21-20(3)18-23(25)22(21)14-11-8-9-12-15-24(26)27;2*1-4-5-6-7-8-9-14(2)10-11-16-15(3)12-18-17(16)13-19(20)21-18/h8,11,20-23,25H,2,4-7,9-10,12-18H2,1,3H3,(H,26,27);15-20H,2,4-13H2,1,3H3;15-18H,2,4-13H2,1,3H3/t20-,21+,22-,23+;15-,16+,17-,18+,19?;15-,16+,17-,18+/m111/s1. The number of carbonyl (C=O) groups is 2. The SMILES string of the molecule is C=C(CCCCCCC)CC[C@@H]1[C@@H](CC=CCCCC(=O)O)[C@@H](O)C[C@H]1C.C=C(CCCCCCC)CC[C@@H]1[C@H]2CC(=O)O[C@H]2C[C@H]1C.C=C(CCCCCCC)CC[C@@H]1[C@H]2CC(O)O[C@H]2C[C@H]1C. The van der Waals surface area contributed by atoms with Gasteiger partial charge in [0, 0.05) is 18.8 Å². The summed E-state index contributed by atoms with van der Waals surface area (Å²) in [4.78, 5) is 22.0. The number of carboxylic acids is 1. The molecule has 0 bridgehead atoms. The molecule has 13 atom stereocenters. The number of carbonyl (C=O) groups excluding carboxylic acids is 1. The molecule has 398 valence electrons. The summed E-state index contributed by atoms with van der Waals surface area (Å²) in [6.07, 6.45) is 41.9. The Bertz CT molecular complexity index is 1480. The summed E-state index contributed by atoms with van der Waals surface area (Å²) in [6, 6.07) is 0. The minimum Gasteiger partial charge on any atom is -0.481 e. The number of ether oxygens (including phenoxy) is 2. The van der Waals surface area contributed by atoms with E-state index in [0.29, 0.717) is 60.4 Å². The Kier molecular flexibility index (Phi) is 31.0. The van der Waals surface area contributed by atoms with Gasteiger partial charge in [0.25, 0.3) is 0 Å². The van der Waals surface area contributed by atoms with Crippen molar-refractivity contribution >= 4 is 11.9 Å². The van der Waals surface area contributed by atoms with Crippen LogP contribution in [0.15, 0.2) is 48.6 Å². The van der Waals surface area contributed by atoms with Gasteiger partial charge in [-0.15, -0.1) is 0 Å². The molecular formula is C62H108O7. The first-order chi connectivity index (χ1) is 33.2. The van der Waals surface area contributed by atoms with Crippen molar-refractivity contribution < 1.29 is 34.4 Å². The lowest BCUT2D eigenvalue weighted by Crippen LogP contribution is -2.19. The summed E-state index contributed by atoms with van der Waals surface area (Å²) in [7, 11) is 0. The largest absolute Gasteiger partial charge is 0.481 e. The molecule has 0 spiro atoms. The van der Waals surface area contributed by atoms with Crippen molar-refractivity contribution in [2.45, 2.75) is 278 Å². The van der Waals surface area contributed by atoms with Gasteiger partial charge in [0.05, 0.1) is 18.6 Å². The Morgan fingerprint density at radius 2 is 1.01 bits per heavy atom. The number of hydrogen-bond donors (Lipinski definition) is 3. The van der Waals surface area contributed by atoms with E-state index in [9.17, 15) is 19.8 Å². The van der Waals surface area contributed by atoms with Gasteiger partial charge in [0.15, 0.2) is 6.29 Å². The third kappa shape index (κ3) is 23.5. The Morgan fingerprint density at radius 1 is 0.551 bits per heavy atom. The number of aliphatic carboxylic acids is 1. The highest BCUT2D eigenvalue weighted by molar-refractivity contribution is 5.72. The smallest absolute Gasteiger partial charge is 0.306 e. The molecular weight excluding hydrogens is 857 g/mol. The van der Waals surface area contributed by atoms with Crippen molar-refractivity contribution in [3.05, 3.63) is 48.6 Å². The number of aliphatic hydroxyl groups is 2. The van der Waals surface area contributed by atoms with Crippen LogP contribution < -0.4 is 0 Å². The van der Waals surface area contributed by atoms with Crippen LogP contribution in [-0.2, 0) is 19.1 Å². The van der Waals surface area contributed by atoms with E-state index in [2.05, 4.69) is 73.4 Å². The first-order valence-corrected chi connectivity index (χ1v) is 29.3. The van der Waals surface area contributed by atoms with Gasteiger partial charge in [-0.3, -0.25) is 9.59 Å². The predicted octanol–water partition coefficient (Wildman–Crippen LogP) is 16.9. The highest BCUT2D eigenvalue weighted by Gasteiger charge is 2.48. The average Bonchev–Trinajstić information content (AvgIpc) is 4.07. The third-order valence-corrected chi connectivity index (χ3v) is 17.3. The minimum atomic E-state index is -0.728. The number of carboxylic acid groups (broad SMARTS) is 1. The van der Waals surface area contributed by atoms with Crippen molar-refractivity contribution in [1.82, 2.24) is 0 Å². The molecule has 2 aliphatic heterocycles. The Morgan fingerprint density at radius 3 is 1.52 bits per heavy atom. The van der Waals surface area contributed by atoms with E-state index in [-0.39, 0.29) is 24.6 Å². The molecule has 0 aromatic heterocycles. The molecule has 0 aromatic rings. The Hall–Kier alpha value is -2.22. The number of aliphatic hydroxyl groups excluding tert-OH is 2. The molecule has 7 nitrogen and oxygen atoms in total. The fourth-order valence-corrected chi connectivity index (χ4v) is 13.1. The van der Waals surface area contributed by atoms with E-state index in [0.717, 1.165) is 76.0 Å². The van der Waals surface area contributed by atoms with Gasteiger partial charge < -0.3 is 24.8 Å². The zero-order valence-electron chi connectivity index (χ0n) is 45.6. The lowest BCUT2D eigenvalue weighted by atomic mass is 9.82. The molecule has 1 unspecified atom stereocenters. The molecule has 5 rings (SSSR count). The molecule has 2 heterocycles.